The van der Waals surface area contributed by atoms with E-state index < -0.39 is 41.9 Å². The lowest BCUT2D eigenvalue weighted by Gasteiger charge is -2.21. The molecule has 2 atom stereocenters. The molecule has 1 aliphatic heterocycles. The smallest absolute Gasteiger partial charge is 0.413 e. The number of amides is 3. The van der Waals surface area contributed by atoms with Gasteiger partial charge in [-0.05, 0) is 17.5 Å². The number of hydrogen-bond donors (Lipinski definition) is 2. The van der Waals surface area contributed by atoms with Crippen molar-refractivity contribution in [3.05, 3.63) is 71.8 Å². The summed E-state index contributed by atoms with van der Waals surface area (Å²) >= 11 is 1.44. The van der Waals surface area contributed by atoms with Gasteiger partial charge in [0.2, 0.25) is 11.8 Å². The first-order valence-corrected chi connectivity index (χ1v) is 13.4. The van der Waals surface area contributed by atoms with E-state index in [-0.39, 0.29) is 38.5 Å². The highest BCUT2D eigenvalue weighted by atomic mass is 32.2. The second-order valence-electron chi connectivity index (χ2n) is 8.57. The fourth-order valence-corrected chi connectivity index (χ4v) is 4.66. The van der Waals surface area contributed by atoms with Crippen LogP contribution in [0, 0.1) is 0 Å². The summed E-state index contributed by atoms with van der Waals surface area (Å²) in [6.07, 6.45) is -0.891. The molecule has 12 heteroatoms. The quantitative estimate of drug-likeness (QED) is 0.279. The highest BCUT2D eigenvalue weighted by Gasteiger charge is 2.39. The minimum absolute atomic E-state index is 0.0151. The minimum atomic E-state index is -0.988. The van der Waals surface area contributed by atoms with Crippen molar-refractivity contribution >= 4 is 41.6 Å². The number of carbonyl (C=O) groups excluding carboxylic acids is 5. The van der Waals surface area contributed by atoms with Crippen molar-refractivity contribution in [1.29, 1.82) is 0 Å². The number of methoxy groups -OCH3 is 1. The largest absolute Gasteiger partial charge is 0.468 e. The van der Waals surface area contributed by atoms with E-state index in [1.165, 1.54) is 18.9 Å². The van der Waals surface area contributed by atoms with Gasteiger partial charge in [0.25, 0.3) is 0 Å². The number of cyclic esters (lactones) is 1. The Morgan fingerprint density at radius 2 is 1.72 bits per heavy atom. The van der Waals surface area contributed by atoms with Crippen LogP contribution < -0.4 is 10.6 Å². The normalized spacial score (nSPS) is 15.2. The van der Waals surface area contributed by atoms with Crippen LogP contribution in [0.1, 0.15) is 24.0 Å². The Morgan fingerprint density at radius 3 is 2.38 bits per heavy atom. The van der Waals surface area contributed by atoms with Crippen LogP contribution >= 0.6 is 11.8 Å². The molecule has 39 heavy (non-hydrogen) atoms. The molecule has 0 radical (unpaired) electrons. The van der Waals surface area contributed by atoms with Gasteiger partial charge in [-0.3, -0.25) is 19.3 Å². The zero-order valence-electron chi connectivity index (χ0n) is 21.5. The SMILES string of the molecule is COC(=O)CNC(=O)[C@H](CSCc1ccccc1)NC(=O)CCC1C(=O)OCN1C(=O)OCc1ccccc1. The molecule has 0 saturated carbocycles. The van der Waals surface area contributed by atoms with E-state index >= 15 is 0 Å². The second kappa shape index (κ2) is 15.4. The zero-order chi connectivity index (χ0) is 28.0. The Labute approximate surface area is 230 Å². The lowest BCUT2D eigenvalue weighted by atomic mass is 10.1. The molecule has 1 aliphatic rings. The maximum atomic E-state index is 12.8. The Kier molecular flexibility index (Phi) is 11.6. The van der Waals surface area contributed by atoms with Crippen molar-refractivity contribution in [2.24, 2.45) is 0 Å². The van der Waals surface area contributed by atoms with Crippen LogP contribution in [0.25, 0.3) is 0 Å². The predicted molar refractivity (Wildman–Crippen MR) is 142 cm³/mol. The molecule has 0 aliphatic carbocycles. The van der Waals surface area contributed by atoms with Crippen molar-refractivity contribution in [3.8, 4) is 0 Å². The van der Waals surface area contributed by atoms with E-state index in [0.717, 1.165) is 16.0 Å². The van der Waals surface area contributed by atoms with Gasteiger partial charge in [-0.1, -0.05) is 60.7 Å². The Hall–Kier alpha value is -4.06. The number of nitrogens with zero attached hydrogens (tertiary/aromatic N) is 1. The zero-order valence-corrected chi connectivity index (χ0v) is 22.3. The minimum Gasteiger partial charge on any atom is -0.468 e. The Balaban J connectivity index is 1.53. The molecule has 0 bridgehead atoms. The second-order valence-corrected chi connectivity index (χ2v) is 9.60. The highest BCUT2D eigenvalue weighted by molar-refractivity contribution is 7.98. The molecule has 208 valence electrons. The van der Waals surface area contributed by atoms with E-state index in [1.54, 1.807) is 12.1 Å². The molecule has 1 unspecified atom stereocenters. The maximum Gasteiger partial charge on any atom is 0.413 e. The van der Waals surface area contributed by atoms with Crippen LogP contribution in [0.3, 0.4) is 0 Å². The fraction of sp³-hybridized carbons (Fsp3) is 0.370. The molecule has 2 N–H and O–H groups in total. The first-order valence-electron chi connectivity index (χ1n) is 12.3. The molecule has 2 aromatic rings. The molecule has 0 spiro atoms. The van der Waals surface area contributed by atoms with E-state index in [4.69, 9.17) is 9.47 Å². The number of thioether (sulfide) groups is 1. The molecule has 1 heterocycles. The summed E-state index contributed by atoms with van der Waals surface area (Å²) < 4.78 is 14.8. The van der Waals surface area contributed by atoms with Crippen molar-refractivity contribution in [2.75, 3.05) is 26.1 Å². The molecule has 1 saturated heterocycles. The number of hydrogen-bond acceptors (Lipinski definition) is 9. The van der Waals surface area contributed by atoms with E-state index in [1.807, 2.05) is 48.5 Å². The molecule has 3 amide bonds. The van der Waals surface area contributed by atoms with Gasteiger partial charge in [-0.2, -0.15) is 11.8 Å². The van der Waals surface area contributed by atoms with Crippen LogP contribution in [0.15, 0.2) is 60.7 Å². The summed E-state index contributed by atoms with van der Waals surface area (Å²) in [4.78, 5) is 62.8. The lowest BCUT2D eigenvalue weighted by molar-refractivity contribution is -0.141. The third-order valence-corrected chi connectivity index (χ3v) is 6.87. The molecular weight excluding hydrogens is 526 g/mol. The van der Waals surface area contributed by atoms with Gasteiger partial charge >= 0.3 is 18.0 Å². The molecule has 0 aromatic heterocycles. The van der Waals surface area contributed by atoms with Crippen LogP contribution in [-0.2, 0) is 45.7 Å². The van der Waals surface area contributed by atoms with Crippen molar-refractivity contribution in [1.82, 2.24) is 15.5 Å². The number of esters is 2. The van der Waals surface area contributed by atoms with Crippen LogP contribution in [0.5, 0.6) is 0 Å². The first kappa shape index (κ1) is 29.5. The van der Waals surface area contributed by atoms with Gasteiger partial charge < -0.3 is 24.8 Å². The summed E-state index contributed by atoms with van der Waals surface area (Å²) in [6, 6.07) is 16.8. The van der Waals surface area contributed by atoms with Gasteiger partial charge in [0, 0.05) is 17.9 Å². The van der Waals surface area contributed by atoms with E-state index in [2.05, 4.69) is 15.4 Å². The van der Waals surface area contributed by atoms with Crippen LogP contribution in [-0.4, -0.2) is 73.0 Å². The summed E-state index contributed by atoms with van der Waals surface area (Å²) in [7, 11) is 1.21. The monoisotopic (exact) mass is 557 g/mol. The lowest BCUT2D eigenvalue weighted by Crippen LogP contribution is -2.49. The van der Waals surface area contributed by atoms with Crippen molar-refractivity contribution < 1.29 is 38.2 Å². The summed E-state index contributed by atoms with van der Waals surface area (Å²) in [5.74, 6) is -1.43. The summed E-state index contributed by atoms with van der Waals surface area (Å²) in [6.45, 7) is -0.576. The van der Waals surface area contributed by atoms with Gasteiger partial charge in [0.05, 0.1) is 7.11 Å². The average Bonchev–Trinajstić information content (AvgIpc) is 3.33. The summed E-state index contributed by atoms with van der Waals surface area (Å²) in [5, 5.41) is 5.12. The molecule has 1 fully saturated rings. The van der Waals surface area contributed by atoms with Gasteiger partial charge in [-0.25, -0.2) is 9.59 Å². The molecule has 3 rings (SSSR count). The third-order valence-electron chi connectivity index (χ3n) is 5.76. The van der Waals surface area contributed by atoms with E-state index in [9.17, 15) is 24.0 Å². The maximum absolute atomic E-state index is 12.8. The number of benzene rings is 2. The fourth-order valence-electron chi connectivity index (χ4n) is 3.64. The molecule has 11 nitrogen and oxygen atoms in total. The average molecular weight is 558 g/mol. The Morgan fingerprint density at radius 1 is 1.05 bits per heavy atom. The Bertz CT molecular complexity index is 1130. The third kappa shape index (κ3) is 9.64. The number of rotatable bonds is 13. The van der Waals surface area contributed by atoms with Crippen molar-refractivity contribution in [3.63, 3.8) is 0 Å². The topological polar surface area (TPSA) is 140 Å². The predicted octanol–water partition coefficient (Wildman–Crippen LogP) is 2.00. The van der Waals surface area contributed by atoms with Crippen LogP contribution in [0.2, 0.25) is 0 Å². The van der Waals surface area contributed by atoms with E-state index in [0.29, 0.717) is 5.75 Å². The molecule has 2 aromatic carbocycles. The highest BCUT2D eigenvalue weighted by Crippen LogP contribution is 2.19. The van der Waals surface area contributed by atoms with Crippen molar-refractivity contribution in [2.45, 2.75) is 37.3 Å². The first-order chi connectivity index (χ1) is 18.9. The standard InChI is InChI=1S/C27H31N3O8S/c1-36-24(32)14-28-25(33)21(17-39-16-20-10-6-3-7-11-20)29-23(31)13-12-22-26(34)38-18-30(22)27(35)37-15-19-8-4-2-5-9-19/h2-11,21-22H,12-18H2,1H3,(H,28,33)(H,29,31)/t21-,22?/m0/s1. The van der Waals surface area contributed by atoms with Crippen LogP contribution in [0.4, 0.5) is 4.79 Å². The number of ether oxygens (including phenoxy) is 3. The number of nitrogens with one attached hydrogen (secondary N) is 2. The van der Waals surface area contributed by atoms with Gasteiger partial charge in [0.15, 0.2) is 6.73 Å². The van der Waals surface area contributed by atoms with Gasteiger partial charge in [0.1, 0.15) is 25.2 Å². The van der Waals surface area contributed by atoms with Gasteiger partial charge in [-0.15, -0.1) is 0 Å². The summed E-state index contributed by atoms with van der Waals surface area (Å²) in [5.41, 5.74) is 1.84. The number of carbonyl (C=O) groups is 5. The molecular formula is C27H31N3O8S.